The van der Waals surface area contributed by atoms with Crippen molar-refractivity contribution >= 4 is 5.91 Å². The summed E-state index contributed by atoms with van der Waals surface area (Å²) in [5, 5.41) is 9.70. The standard InChI is InChI=1S/C20H24N2O3/c1-25-18-4-2-3-15(11-18)5-6-20(24)22-12-17(14-23)19(13-22)16-7-9-21-10-8-16/h2-4,7-11,17,19,23H,5-6,12-14H2,1H3/t17-,19-/m0/s1. The predicted molar refractivity (Wildman–Crippen MR) is 95.4 cm³/mol. The molecule has 1 aromatic carbocycles. The van der Waals surface area contributed by atoms with Gasteiger partial charge >= 0.3 is 0 Å². The first-order valence-electron chi connectivity index (χ1n) is 8.62. The van der Waals surface area contributed by atoms with Gasteiger partial charge < -0.3 is 14.7 Å². The Hall–Kier alpha value is -2.40. The summed E-state index contributed by atoms with van der Waals surface area (Å²) in [4.78, 5) is 18.5. The van der Waals surface area contributed by atoms with Crippen molar-refractivity contribution in [3.63, 3.8) is 0 Å². The zero-order chi connectivity index (χ0) is 17.6. The SMILES string of the molecule is COc1cccc(CCC(=O)N2C[C@@H](CO)[C@H](c3ccncc3)C2)c1. The Kier molecular flexibility index (Phi) is 5.66. The smallest absolute Gasteiger partial charge is 0.222 e. The van der Waals surface area contributed by atoms with Gasteiger partial charge in [0.05, 0.1) is 7.11 Å². The zero-order valence-corrected chi connectivity index (χ0v) is 14.5. The number of benzene rings is 1. The van der Waals surface area contributed by atoms with Crippen LogP contribution in [0, 0.1) is 5.92 Å². The van der Waals surface area contributed by atoms with Crippen LogP contribution in [0.4, 0.5) is 0 Å². The van der Waals surface area contributed by atoms with Crippen LogP contribution < -0.4 is 4.74 Å². The fourth-order valence-electron chi connectivity index (χ4n) is 3.49. The highest BCUT2D eigenvalue weighted by Crippen LogP contribution is 2.32. The van der Waals surface area contributed by atoms with Crippen molar-refractivity contribution in [2.45, 2.75) is 18.8 Å². The monoisotopic (exact) mass is 340 g/mol. The minimum Gasteiger partial charge on any atom is -0.497 e. The fraction of sp³-hybridized carbons (Fsp3) is 0.400. The van der Waals surface area contributed by atoms with Gasteiger partial charge in [0.2, 0.25) is 5.91 Å². The topological polar surface area (TPSA) is 62.7 Å². The molecule has 0 aliphatic carbocycles. The van der Waals surface area contributed by atoms with E-state index in [0.29, 0.717) is 25.9 Å². The van der Waals surface area contributed by atoms with E-state index in [9.17, 15) is 9.90 Å². The number of likely N-dealkylation sites (tertiary alicyclic amines) is 1. The second-order valence-electron chi connectivity index (χ2n) is 6.48. The van der Waals surface area contributed by atoms with Crippen LogP contribution in [0.1, 0.15) is 23.5 Å². The Labute approximate surface area is 148 Å². The van der Waals surface area contributed by atoms with Crippen molar-refractivity contribution in [2.24, 2.45) is 5.92 Å². The van der Waals surface area contributed by atoms with Gasteiger partial charge in [-0.1, -0.05) is 12.1 Å². The Morgan fingerprint density at radius 2 is 2.08 bits per heavy atom. The Morgan fingerprint density at radius 3 is 2.80 bits per heavy atom. The van der Waals surface area contributed by atoms with Gasteiger partial charge in [0, 0.05) is 50.3 Å². The van der Waals surface area contributed by atoms with Gasteiger partial charge in [-0.05, 0) is 41.8 Å². The van der Waals surface area contributed by atoms with Crippen molar-refractivity contribution in [1.82, 2.24) is 9.88 Å². The molecule has 0 bridgehead atoms. The van der Waals surface area contributed by atoms with Crippen LogP contribution in [0.15, 0.2) is 48.8 Å². The normalized spacial score (nSPS) is 19.8. The number of aliphatic hydroxyl groups excluding tert-OH is 1. The largest absolute Gasteiger partial charge is 0.497 e. The lowest BCUT2D eigenvalue weighted by Crippen LogP contribution is -2.29. The molecule has 1 aliphatic rings. The number of hydrogen-bond acceptors (Lipinski definition) is 4. The first kappa shape index (κ1) is 17.4. The van der Waals surface area contributed by atoms with Crippen molar-refractivity contribution < 1.29 is 14.6 Å². The van der Waals surface area contributed by atoms with Crippen LogP contribution >= 0.6 is 0 Å². The van der Waals surface area contributed by atoms with E-state index in [1.807, 2.05) is 41.3 Å². The number of aliphatic hydroxyl groups is 1. The van der Waals surface area contributed by atoms with E-state index < -0.39 is 0 Å². The number of carbonyl (C=O) groups excluding carboxylic acids is 1. The van der Waals surface area contributed by atoms with E-state index in [0.717, 1.165) is 16.9 Å². The first-order valence-corrected chi connectivity index (χ1v) is 8.62. The molecule has 2 atom stereocenters. The summed E-state index contributed by atoms with van der Waals surface area (Å²) in [6, 6.07) is 11.8. The highest BCUT2D eigenvalue weighted by molar-refractivity contribution is 5.77. The van der Waals surface area contributed by atoms with Crippen LogP contribution in [0.2, 0.25) is 0 Å². The maximum Gasteiger partial charge on any atom is 0.222 e. The van der Waals surface area contributed by atoms with Crippen molar-refractivity contribution in [3.05, 3.63) is 59.9 Å². The van der Waals surface area contributed by atoms with E-state index in [-0.39, 0.29) is 24.3 Å². The van der Waals surface area contributed by atoms with E-state index in [1.54, 1.807) is 19.5 Å². The number of amides is 1. The summed E-state index contributed by atoms with van der Waals surface area (Å²) < 4.78 is 5.22. The number of rotatable bonds is 6. The summed E-state index contributed by atoms with van der Waals surface area (Å²) in [5.41, 5.74) is 2.23. The lowest BCUT2D eigenvalue weighted by atomic mass is 9.90. The third-order valence-electron chi connectivity index (χ3n) is 4.92. The quantitative estimate of drug-likeness (QED) is 0.876. The van der Waals surface area contributed by atoms with E-state index in [4.69, 9.17) is 4.74 Å². The number of nitrogens with zero attached hydrogens (tertiary/aromatic N) is 2. The molecule has 1 fully saturated rings. The summed E-state index contributed by atoms with van der Waals surface area (Å²) in [6.07, 6.45) is 4.68. The molecule has 0 unspecified atom stereocenters. The van der Waals surface area contributed by atoms with Gasteiger partial charge in [-0.3, -0.25) is 9.78 Å². The highest BCUT2D eigenvalue weighted by atomic mass is 16.5. The number of aromatic nitrogens is 1. The third-order valence-corrected chi connectivity index (χ3v) is 4.92. The number of aryl methyl sites for hydroxylation is 1. The zero-order valence-electron chi connectivity index (χ0n) is 14.5. The summed E-state index contributed by atoms with van der Waals surface area (Å²) in [5.74, 6) is 1.21. The molecule has 0 radical (unpaired) electrons. The maximum absolute atomic E-state index is 12.6. The Balaban J connectivity index is 1.61. The van der Waals surface area contributed by atoms with Gasteiger partial charge in [-0.25, -0.2) is 0 Å². The van der Waals surface area contributed by atoms with Gasteiger partial charge in [0.1, 0.15) is 5.75 Å². The fourth-order valence-corrected chi connectivity index (χ4v) is 3.49. The highest BCUT2D eigenvalue weighted by Gasteiger charge is 2.35. The first-order chi connectivity index (χ1) is 12.2. The molecule has 1 aromatic heterocycles. The van der Waals surface area contributed by atoms with E-state index in [2.05, 4.69) is 4.98 Å². The molecule has 132 valence electrons. The average molecular weight is 340 g/mol. The minimum atomic E-state index is 0.0863. The Morgan fingerprint density at radius 1 is 1.28 bits per heavy atom. The lowest BCUT2D eigenvalue weighted by Gasteiger charge is -2.17. The number of ether oxygens (including phenoxy) is 1. The van der Waals surface area contributed by atoms with Gasteiger partial charge in [0.15, 0.2) is 0 Å². The van der Waals surface area contributed by atoms with Crippen molar-refractivity contribution in [2.75, 3.05) is 26.8 Å². The number of pyridine rings is 1. The van der Waals surface area contributed by atoms with E-state index >= 15 is 0 Å². The van der Waals surface area contributed by atoms with Crippen molar-refractivity contribution in [3.8, 4) is 5.75 Å². The van der Waals surface area contributed by atoms with Crippen molar-refractivity contribution in [1.29, 1.82) is 0 Å². The molecule has 0 spiro atoms. The maximum atomic E-state index is 12.6. The summed E-state index contributed by atoms with van der Waals surface area (Å²) >= 11 is 0. The predicted octanol–water partition coefficient (Wildman–Crippen LogP) is 2.26. The molecule has 2 heterocycles. The average Bonchev–Trinajstić information content (AvgIpc) is 3.11. The van der Waals surface area contributed by atoms with Crippen LogP contribution in [0.25, 0.3) is 0 Å². The molecule has 5 heteroatoms. The molecule has 2 aromatic rings. The summed E-state index contributed by atoms with van der Waals surface area (Å²) in [7, 11) is 1.64. The second kappa shape index (κ2) is 8.12. The van der Waals surface area contributed by atoms with Gasteiger partial charge in [-0.15, -0.1) is 0 Å². The van der Waals surface area contributed by atoms with Crippen LogP contribution in [-0.2, 0) is 11.2 Å². The molecular weight excluding hydrogens is 316 g/mol. The molecule has 5 nitrogen and oxygen atoms in total. The van der Waals surface area contributed by atoms with Crippen LogP contribution in [0.5, 0.6) is 5.75 Å². The van der Waals surface area contributed by atoms with E-state index in [1.165, 1.54) is 0 Å². The minimum absolute atomic E-state index is 0.0863. The number of hydrogen-bond donors (Lipinski definition) is 1. The molecule has 3 rings (SSSR count). The second-order valence-corrected chi connectivity index (χ2v) is 6.48. The number of methoxy groups -OCH3 is 1. The Bertz CT molecular complexity index is 705. The number of carbonyl (C=O) groups is 1. The summed E-state index contributed by atoms with van der Waals surface area (Å²) in [6.45, 7) is 1.36. The van der Waals surface area contributed by atoms with Gasteiger partial charge in [-0.2, -0.15) is 0 Å². The third kappa shape index (κ3) is 4.17. The molecule has 1 amide bonds. The lowest BCUT2D eigenvalue weighted by molar-refractivity contribution is -0.130. The molecule has 1 saturated heterocycles. The molecule has 1 aliphatic heterocycles. The molecule has 1 N–H and O–H groups in total. The molecular formula is C20H24N2O3. The molecule has 25 heavy (non-hydrogen) atoms. The molecule has 0 saturated carbocycles. The van der Waals surface area contributed by atoms with Gasteiger partial charge in [0.25, 0.3) is 0 Å². The van der Waals surface area contributed by atoms with Crippen LogP contribution in [-0.4, -0.2) is 47.7 Å². The van der Waals surface area contributed by atoms with Crippen LogP contribution in [0.3, 0.4) is 0 Å².